The number of thioether (sulfide) groups is 1. The topological polar surface area (TPSA) is 104 Å². The number of aromatic nitrogens is 2. The van der Waals surface area contributed by atoms with Gasteiger partial charge in [-0.1, -0.05) is 65.3 Å². The lowest BCUT2D eigenvalue weighted by Crippen LogP contribution is -2.28. The smallest absolute Gasteiger partial charge is 0.251 e. The number of carbonyl (C=O) groups is 2. The van der Waals surface area contributed by atoms with Crippen LogP contribution in [0.25, 0.3) is 0 Å². The number of H-pyrrole nitrogens is 1. The predicted molar refractivity (Wildman–Crippen MR) is 128 cm³/mol. The van der Waals surface area contributed by atoms with Crippen LogP contribution in [0.5, 0.6) is 0 Å². The van der Waals surface area contributed by atoms with Crippen molar-refractivity contribution < 1.29 is 9.59 Å². The number of rotatable bonds is 9. The molecule has 3 aromatic rings. The highest BCUT2D eigenvalue weighted by Crippen LogP contribution is 2.25. The van der Waals surface area contributed by atoms with Crippen LogP contribution in [-0.2, 0) is 22.4 Å². The maximum Gasteiger partial charge on any atom is 0.251 e. The number of aromatic amines is 1. The fourth-order valence-electron chi connectivity index (χ4n) is 2.77. The molecule has 32 heavy (non-hydrogen) atoms. The molecule has 0 radical (unpaired) electrons. The van der Waals surface area contributed by atoms with Crippen molar-refractivity contribution in [3.63, 3.8) is 0 Å². The molecule has 3 rings (SSSR count). The maximum atomic E-state index is 12.2. The third kappa shape index (κ3) is 7.71. The first-order valence-electron chi connectivity index (χ1n) is 9.67. The summed E-state index contributed by atoms with van der Waals surface area (Å²) in [6, 6.07) is 15.8. The summed E-state index contributed by atoms with van der Waals surface area (Å²) in [6.45, 7) is 0.489. The average Bonchev–Trinajstić information content (AvgIpc) is 2.75. The monoisotopic (exact) mass is 490 g/mol. The molecule has 10 heteroatoms. The highest BCUT2D eigenvalue weighted by Gasteiger charge is 2.10. The van der Waals surface area contributed by atoms with Gasteiger partial charge in [0.05, 0.1) is 27.9 Å². The zero-order valence-corrected chi connectivity index (χ0v) is 19.2. The van der Waals surface area contributed by atoms with Crippen LogP contribution in [0.15, 0.2) is 64.5 Å². The molecule has 0 saturated carbocycles. The van der Waals surface area contributed by atoms with Crippen molar-refractivity contribution in [1.29, 1.82) is 0 Å². The molecule has 0 aliphatic heterocycles. The van der Waals surface area contributed by atoms with Gasteiger partial charge in [0.15, 0.2) is 5.16 Å². The Hall–Kier alpha value is -2.81. The van der Waals surface area contributed by atoms with E-state index in [0.29, 0.717) is 34.4 Å². The van der Waals surface area contributed by atoms with Crippen LogP contribution in [-0.4, -0.2) is 34.1 Å². The molecule has 0 saturated heterocycles. The second kappa shape index (κ2) is 11.7. The molecule has 0 bridgehead atoms. The van der Waals surface area contributed by atoms with Crippen molar-refractivity contribution in [2.45, 2.75) is 18.0 Å². The normalized spacial score (nSPS) is 10.6. The third-order valence-corrected chi connectivity index (χ3v) is 5.85. The van der Waals surface area contributed by atoms with E-state index in [-0.39, 0.29) is 34.7 Å². The fourth-order valence-corrected chi connectivity index (χ4v) is 3.76. The van der Waals surface area contributed by atoms with E-state index in [0.717, 1.165) is 17.3 Å². The Labute approximate surface area is 198 Å². The predicted octanol–water partition coefficient (Wildman–Crippen LogP) is 3.71. The number of nitrogens with zero attached hydrogens (tertiary/aromatic N) is 1. The molecule has 2 amide bonds. The van der Waals surface area contributed by atoms with E-state index in [1.807, 2.05) is 30.3 Å². The van der Waals surface area contributed by atoms with Crippen LogP contribution in [0.3, 0.4) is 0 Å². The molecule has 0 fully saturated rings. The summed E-state index contributed by atoms with van der Waals surface area (Å²) in [7, 11) is 0. The average molecular weight is 491 g/mol. The number of carbonyl (C=O) groups excluding carboxylic acids is 2. The van der Waals surface area contributed by atoms with E-state index in [4.69, 9.17) is 23.2 Å². The summed E-state index contributed by atoms with van der Waals surface area (Å²) in [6.07, 6.45) is 0.687. The molecule has 7 nitrogen and oxygen atoms in total. The molecular formula is C22H20Cl2N4O3S. The SMILES string of the molecule is O=C(Cc1cc(=O)[nH]c(SCC(=O)Nc2ccc(Cl)c(Cl)c2)n1)NCCc1ccccc1. The zero-order chi connectivity index (χ0) is 22.9. The Bertz CT molecular complexity index is 1160. The first-order chi connectivity index (χ1) is 15.4. The van der Waals surface area contributed by atoms with Gasteiger partial charge in [-0.25, -0.2) is 4.98 Å². The summed E-state index contributed by atoms with van der Waals surface area (Å²) in [4.78, 5) is 43.1. The number of amides is 2. The molecule has 0 atom stereocenters. The van der Waals surface area contributed by atoms with Crippen molar-refractivity contribution in [2.75, 3.05) is 17.6 Å². The second-order valence-corrected chi connectivity index (χ2v) is 8.55. The Morgan fingerprint density at radius 3 is 2.53 bits per heavy atom. The highest BCUT2D eigenvalue weighted by atomic mass is 35.5. The summed E-state index contributed by atoms with van der Waals surface area (Å²) < 4.78 is 0. The van der Waals surface area contributed by atoms with Gasteiger partial charge in [-0.15, -0.1) is 0 Å². The molecular weight excluding hydrogens is 471 g/mol. The second-order valence-electron chi connectivity index (χ2n) is 6.77. The van der Waals surface area contributed by atoms with E-state index in [2.05, 4.69) is 20.6 Å². The molecule has 2 aromatic carbocycles. The Morgan fingerprint density at radius 1 is 1.00 bits per heavy atom. The van der Waals surface area contributed by atoms with Gasteiger partial charge in [-0.3, -0.25) is 14.4 Å². The minimum Gasteiger partial charge on any atom is -0.355 e. The minimum absolute atomic E-state index is 0.00983. The van der Waals surface area contributed by atoms with Gasteiger partial charge in [0.2, 0.25) is 11.8 Å². The van der Waals surface area contributed by atoms with Gasteiger partial charge < -0.3 is 15.6 Å². The quantitative estimate of drug-likeness (QED) is 0.313. The minimum atomic E-state index is -0.389. The first kappa shape index (κ1) is 23.8. The van der Waals surface area contributed by atoms with Crippen LogP contribution >= 0.6 is 35.0 Å². The Morgan fingerprint density at radius 2 is 1.78 bits per heavy atom. The number of nitrogens with one attached hydrogen (secondary N) is 3. The fraction of sp³-hybridized carbons (Fsp3) is 0.182. The van der Waals surface area contributed by atoms with Gasteiger partial charge in [0, 0.05) is 18.3 Å². The zero-order valence-electron chi connectivity index (χ0n) is 16.9. The van der Waals surface area contributed by atoms with Gasteiger partial charge in [0.25, 0.3) is 5.56 Å². The van der Waals surface area contributed by atoms with Crippen LogP contribution in [0.2, 0.25) is 10.0 Å². The van der Waals surface area contributed by atoms with Gasteiger partial charge >= 0.3 is 0 Å². The van der Waals surface area contributed by atoms with Gasteiger partial charge in [-0.05, 0) is 30.2 Å². The number of hydrogen-bond acceptors (Lipinski definition) is 5. The standard InChI is InChI=1S/C22H20Cl2N4O3S/c23-17-7-6-15(10-18(17)24)26-21(31)13-32-22-27-16(12-20(30)28-22)11-19(29)25-9-8-14-4-2-1-3-5-14/h1-7,10,12H,8-9,11,13H2,(H,25,29)(H,26,31)(H,27,28,30). The lowest BCUT2D eigenvalue weighted by Gasteiger charge is -2.07. The molecule has 0 spiro atoms. The summed E-state index contributed by atoms with van der Waals surface area (Å²) >= 11 is 12.9. The van der Waals surface area contributed by atoms with Crippen molar-refractivity contribution in [1.82, 2.24) is 15.3 Å². The van der Waals surface area contributed by atoms with Gasteiger partial charge in [0.1, 0.15) is 0 Å². The van der Waals surface area contributed by atoms with Crippen molar-refractivity contribution in [2.24, 2.45) is 0 Å². The summed E-state index contributed by atoms with van der Waals surface area (Å²) in [5, 5.41) is 6.49. The molecule has 166 valence electrons. The lowest BCUT2D eigenvalue weighted by molar-refractivity contribution is -0.120. The summed E-state index contributed by atoms with van der Waals surface area (Å²) in [5.74, 6) is -0.525. The van der Waals surface area contributed by atoms with E-state index >= 15 is 0 Å². The summed E-state index contributed by atoms with van der Waals surface area (Å²) in [5.41, 5.74) is 1.57. The van der Waals surface area contributed by atoms with Crippen LogP contribution in [0.1, 0.15) is 11.3 Å². The number of anilines is 1. The van der Waals surface area contributed by atoms with Crippen LogP contribution < -0.4 is 16.2 Å². The van der Waals surface area contributed by atoms with E-state index in [9.17, 15) is 14.4 Å². The van der Waals surface area contributed by atoms with Crippen molar-refractivity contribution >= 4 is 52.5 Å². The Kier molecular flexibility index (Phi) is 8.72. The molecule has 0 unspecified atom stereocenters. The van der Waals surface area contributed by atoms with Crippen molar-refractivity contribution in [3.8, 4) is 0 Å². The van der Waals surface area contributed by atoms with Crippen molar-refractivity contribution in [3.05, 3.63) is 86.3 Å². The largest absolute Gasteiger partial charge is 0.355 e. The van der Waals surface area contributed by atoms with E-state index in [1.165, 1.54) is 6.07 Å². The molecule has 3 N–H and O–H groups in total. The molecule has 1 heterocycles. The Balaban J connectivity index is 1.49. The molecule has 1 aromatic heterocycles. The highest BCUT2D eigenvalue weighted by molar-refractivity contribution is 7.99. The number of hydrogen-bond donors (Lipinski definition) is 3. The van der Waals surface area contributed by atoms with E-state index < -0.39 is 0 Å². The number of halogens is 2. The maximum absolute atomic E-state index is 12.2. The van der Waals surface area contributed by atoms with Crippen LogP contribution in [0.4, 0.5) is 5.69 Å². The molecule has 0 aliphatic rings. The van der Waals surface area contributed by atoms with Gasteiger partial charge in [-0.2, -0.15) is 0 Å². The lowest BCUT2D eigenvalue weighted by atomic mass is 10.1. The number of benzene rings is 2. The first-order valence-corrected chi connectivity index (χ1v) is 11.4. The van der Waals surface area contributed by atoms with E-state index in [1.54, 1.807) is 18.2 Å². The van der Waals surface area contributed by atoms with Crippen LogP contribution in [0, 0.1) is 0 Å². The third-order valence-electron chi connectivity index (χ3n) is 4.24. The molecule has 0 aliphatic carbocycles.